The number of rotatable bonds is 18. The summed E-state index contributed by atoms with van der Waals surface area (Å²) in [5.74, 6) is 1.61. The molecule has 0 amide bonds. The maximum atomic E-state index is 13.7. The third-order valence-electron chi connectivity index (χ3n) is 12.8. The summed E-state index contributed by atoms with van der Waals surface area (Å²) in [6, 6.07) is 24.6. The maximum absolute atomic E-state index is 13.7. The van der Waals surface area contributed by atoms with Gasteiger partial charge in [0.25, 0.3) is 5.69 Å². The summed E-state index contributed by atoms with van der Waals surface area (Å²) in [4.78, 5) is 13.6. The van der Waals surface area contributed by atoms with Gasteiger partial charge in [-0.3, -0.25) is 20.7 Å². The van der Waals surface area contributed by atoms with Crippen LogP contribution < -0.4 is 25.0 Å². The van der Waals surface area contributed by atoms with Gasteiger partial charge in [-0.2, -0.15) is 0 Å². The Labute approximate surface area is 384 Å². The summed E-state index contributed by atoms with van der Waals surface area (Å²) in [5, 5.41) is 19.1. The molecule has 64 heavy (non-hydrogen) atoms. The van der Waals surface area contributed by atoms with Crippen LogP contribution in [0.1, 0.15) is 141 Å². The Morgan fingerprint density at radius 1 is 0.625 bits per heavy atom. The fraction of sp³-hybridized carbons (Fsp3) is 0.520. The third kappa shape index (κ3) is 12.0. The quantitative estimate of drug-likeness (QED) is 0.0723. The van der Waals surface area contributed by atoms with Crippen molar-refractivity contribution in [2.24, 2.45) is 0 Å². The second kappa shape index (κ2) is 22.1. The molecule has 4 aromatic rings. The zero-order valence-electron chi connectivity index (χ0n) is 39.1. The molecule has 0 radical (unpaired) electrons. The highest BCUT2D eigenvalue weighted by Gasteiger charge is 2.44. The van der Waals surface area contributed by atoms with Crippen molar-refractivity contribution < 1.29 is 32.7 Å². The topological polar surface area (TPSA) is 157 Å². The molecule has 0 saturated heterocycles. The number of anilines is 1. The first-order valence-electron chi connectivity index (χ1n) is 22.9. The van der Waals surface area contributed by atoms with Crippen molar-refractivity contribution in [3.8, 4) is 11.5 Å². The number of non-ortho nitro benzene ring substituents is 1. The van der Waals surface area contributed by atoms with Crippen LogP contribution in [0.3, 0.4) is 0 Å². The van der Waals surface area contributed by atoms with Crippen LogP contribution >= 0.6 is 0 Å². The molecule has 0 fully saturated rings. The van der Waals surface area contributed by atoms with E-state index in [4.69, 9.17) is 9.47 Å². The normalized spacial score (nSPS) is 19.1. The van der Waals surface area contributed by atoms with E-state index in [1.54, 1.807) is 20.3 Å². The number of nitro groups is 1. The molecule has 2 atom stereocenters. The summed E-state index contributed by atoms with van der Waals surface area (Å²) in [5.41, 5.74) is 2.98. The van der Waals surface area contributed by atoms with Crippen molar-refractivity contribution in [2.75, 3.05) is 44.7 Å². The number of sulfone groups is 2. The first-order valence-corrected chi connectivity index (χ1v) is 26.2. The van der Waals surface area contributed by atoms with Crippen LogP contribution in [-0.2, 0) is 19.7 Å². The lowest BCUT2D eigenvalue weighted by atomic mass is 9.86. The van der Waals surface area contributed by atoms with Crippen molar-refractivity contribution in [2.45, 2.75) is 138 Å². The van der Waals surface area contributed by atoms with Gasteiger partial charge in [-0.05, 0) is 96.5 Å². The molecule has 12 nitrogen and oxygen atoms in total. The lowest BCUT2D eigenvalue weighted by Gasteiger charge is -2.37. The average molecular weight is 921 g/mol. The molecule has 0 aromatic heterocycles. The highest BCUT2D eigenvalue weighted by atomic mass is 32.2. The van der Waals surface area contributed by atoms with Gasteiger partial charge in [0, 0.05) is 44.4 Å². The summed E-state index contributed by atoms with van der Waals surface area (Å²) < 4.78 is 65.2. The first kappa shape index (κ1) is 50.5. The highest BCUT2D eigenvalue weighted by Crippen LogP contribution is 2.42. The van der Waals surface area contributed by atoms with Crippen molar-refractivity contribution in [3.05, 3.63) is 117 Å². The van der Waals surface area contributed by atoms with Crippen LogP contribution in [0.2, 0.25) is 0 Å². The van der Waals surface area contributed by atoms with Gasteiger partial charge in [0.2, 0.25) is 0 Å². The molecule has 4 aromatic carbocycles. The van der Waals surface area contributed by atoms with Gasteiger partial charge < -0.3 is 14.4 Å². The van der Waals surface area contributed by atoms with Crippen molar-refractivity contribution in [3.63, 3.8) is 0 Å². The van der Waals surface area contributed by atoms with Crippen LogP contribution in [0.25, 0.3) is 0 Å². The molecule has 2 aliphatic rings. The number of nitrogens with one attached hydrogen (secondary N) is 2. The van der Waals surface area contributed by atoms with Gasteiger partial charge in [0.15, 0.2) is 19.7 Å². The van der Waals surface area contributed by atoms with Crippen LogP contribution in [0.5, 0.6) is 11.5 Å². The Balaban J connectivity index is 0.000000280. The molecule has 2 unspecified atom stereocenters. The van der Waals surface area contributed by atoms with Crippen LogP contribution in [0.4, 0.5) is 11.4 Å². The Morgan fingerprint density at radius 3 is 1.34 bits per heavy atom. The second-order valence-corrected chi connectivity index (χ2v) is 21.7. The molecule has 6 rings (SSSR count). The van der Waals surface area contributed by atoms with E-state index in [2.05, 4.69) is 38.3 Å². The minimum Gasteiger partial charge on any atom is -0.497 e. The van der Waals surface area contributed by atoms with Crippen LogP contribution in [0, 0.1) is 10.1 Å². The predicted molar refractivity (Wildman–Crippen MR) is 260 cm³/mol. The summed E-state index contributed by atoms with van der Waals surface area (Å²) in [7, 11) is 0.107. The lowest BCUT2D eigenvalue weighted by Crippen LogP contribution is -2.50. The molecule has 14 heteroatoms. The molecule has 352 valence electrons. The van der Waals surface area contributed by atoms with Gasteiger partial charge in [0.1, 0.15) is 11.5 Å². The number of ether oxygens (including phenoxy) is 2. The minimum atomic E-state index is -3.65. The Hall–Kier alpha value is -4.50. The molecule has 0 saturated carbocycles. The average Bonchev–Trinajstić information content (AvgIpc) is 3.45. The van der Waals surface area contributed by atoms with E-state index in [1.807, 2.05) is 79.7 Å². The summed E-state index contributed by atoms with van der Waals surface area (Å²) >= 11 is 0. The van der Waals surface area contributed by atoms with Gasteiger partial charge in [-0.15, -0.1) is 0 Å². The number of hydrogen-bond acceptors (Lipinski definition) is 11. The van der Waals surface area contributed by atoms with E-state index >= 15 is 0 Å². The Bertz CT molecular complexity index is 2380. The number of unbranched alkanes of at least 4 members (excludes halogenated alkanes) is 4. The molecule has 0 aliphatic carbocycles. The fourth-order valence-corrected chi connectivity index (χ4v) is 13.4. The number of methoxy groups -OCH3 is 2. The SMILES string of the molecule is CCCCC1(CCCC)CS(=O)(=O)c2ccc(N(C)C)cc2C(c2ccc(OC)cc2)N1.CCCCC1(CCCC)CS(=O)(=O)c2ccc([N+](=O)[O-])cc2C(c2ccc(OC)cc2)N1.[HH]. The van der Waals surface area contributed by atoms with Gasteiger partial charge in [0.05, 0.1) is 52.5 Å². The third-order valence-corrected chi connectivity index (χ3v) is 16.7. The van der Waals surface area contributed by atoms with Crippen molar-refractivity contribution in [1.82, 2.24) is 10.6 Å². The van der Waals surface area contributed by atoms with Gasteiger partial charge in [-0.25, -0.2) is 16.8 Å². The maximum Gasteiger partial charge on any atom is 0.269 e. The zero-order chi connectivity index (χ0) is 46.7. The van der Waals surface area contributed by atoms with E-state index in [0.717, 1.165) is 105 Å². The van der Waals surface area contributed by atoms with E-state index in [-0.39, 0.29) is 29.6 Å². The number of benzene rings is 4. The monoisotopic (exact) mass is 920 g/mol. The fourth-order valence-electron chi connectivity index (χ4n) is 9.22. The number of hydrogen-bond donors (Lipinski definition) is 2. The molecular weight excluding hydrogens is 849 g/mol. The standard InChI is InChI=1S/C26H38N2O3S.C24H32N2O5S.H2/c1-6-8-16-26(17-9-7-2)19-32(29,30)24-15-12-21(28(3)4)18-23(24)25(27-26)20-10-13-22(31-5)14-11-20;1-4-6-14-24(15-7-5-2)17-32(29,30)22-13-10-19(26(27)28)16-21(22)23(25-24)18-8-11-20(31-3)12-9-18;/h10-15,18,25,27H,6-9,16-17,19H2,1-5H3;8-13,16,23,25H,4-7,14-15,17H2,1-3H3;1H. The molecule has 2 aliphatic heterocycles. The van der Waals surface area contributed by atoms with Crippen LogP contribution in [0.15, 0.2) is 94.7 Å². The number of fused-ring (bicyclic) bond motifs is 2. The van der Waals surface area contributed by atoms with Crippen molar-refractivity contribution in [1.29, 1.82) is 0 Å². The lowest BCUT2D eigenvalue weighted by molar-refractivity contribution is -0.385. The zero-order valence-corrected chi connectivity index (χ0v) is 40.7. The summed E-state index contributed by atoms with van der Waals surface area (Å²) in [6.07, 6.45) is 11.0. The first-order chi connectivity index (χ1) is 30.5. The number of nitrogens with zero attached hydrogens (tertiary/aromatic N) is 2. The van der Waals surface area contributed by atoms with E-state index in [1.165, 1.54) is 18.2 Å². The molecule has 0 spiro atoms. The molecular formula is C50H72N4O8S2. The smallest absolute Gasteiger partial charge is 0.269 e. The number of nitro benzene ring substituents is 1. The van der Waals surface area contributed by atoms with Crippen molar-refractivity contribution >= 4 is 31.0 Å². The van der Waals surface area contributed by atoms with Gasteiger partial charge in [-0.1, -0.05) is 103 Å². The van der Waals surface area contributed by atoms with E-state index in [9.17, 15) is 26.9 Å². The van der Waals surface area contributed by atoms with E-state index < -0.39 is 41.7 Å². The molecule has 2 heterocycles. The minimum absolute atomic E-state index is 0. The second-order valence-electron chi connectivity index (χ2n) is 17.8. The summed E-state index contributed by atoms with van der Waals surface area (Å²) in [6.45, 7) is 8.52. The highest BCUT2D eigenvalue weighted by molar-refractivity contribution is 7.91. The largest absolute Gasteiger partial charge is 0.497 e. The van der Waals surface area contributed by atoms with E-state index in [0.29, 0.717) is 16.2 Å². The predicted octanol–water partition coefficient (Wildman–Crippen LogP) is 10.8. The van der Waals surface area contributed by atoms with Crippen LogP contribution in [-0.4, -0.2) is 72.7 Å². The molecule has 0 bridgehead atoms. The Morgan fingerprint density at radius 2 is 1.00 bits per heavy atom. The van der Waals surface area contributed by atoms with Gasteiger partial charge >= 0.3 is 0 Å². The Kier molecular flexibility index (Phi) is 17.5. The molecule has 2 N–H and O–H groups in total.